The number of nitrogens with one attached hydrogen (secondary N) is 1. The average Bonchev–Trinajstić information content (AvgIpc) is 2.76. The van der Waals surface area contributed by atoms with Gasteiger partial charge in [-0.3, -0.25) is 4.90 Å². The first-order valence-electron chi connectivity index (χ1n) is 6.33. The number of likely N-dealkylation sites (N-methyl/N-ethyl adjacent to an activating group) is 2. The SMILES string of the molecule is CNCC1CCCN1C1CC(C)N(C)C1. The molecular formula is C12H25N3. The summed E-state index contributed by atoms with van der Waals surface area (Å²) in [5, 5.41) is 3.33. The fourth-order valence-electron chi connectivity index (χ4n) is 3.19. The molecule has 2 fully saturated rings. The van der Waals surface area contributed by atoms with Crippen LogP contribution in [0, 0.1) is 0 Å². The van der Waals surface area contributed by atoms with Crippen molar-refractivity contribution in [2.75, 3.05) is 33.7 Å². The number of rotatable bonds is 3. The monoisotopic (exact) mass is 211 g/mol. The highest BCUT2D eigenvalue weighted by Crippen LogP contribution is 2.27. The summed E-state index contributed by atoms with van der Waals surface area (Å²) in [7, 11) is 4.33. The first-order valence-corrected chi connectivity index (χ1v) is 6.33. The zero-order valence-electron chi connectivity index (χ0n) is 10.4. The molecule has 1 N–H and O–H groups in total. The predicted molar refractivity (Wildman–Crippen MR) is 64.2 cm³/mol. The van der Waals surface area contributed by atoms with Gasteiger partial charge in [-0.15, -0.1) is 0 Å². The van der Waals surface area contributed by atoms with Crippen molar-refractivity contribution in [3.8, 4) is 0 Å². The second kappa shape index (κ2) is 4.81. The van der Waals surface area contributed by atoms with E-state index in [9.17, 15) is 0 Å². The molecule has 2 aliphatic heterocycles. The quantitative estimate of drug-likeness (QED) is 0.743. The zero-order valence-corrected chi connectivity index (χ0v) is 10.4. The van der Waals surface area contributed by atoms with E-state index in [1.165, 1.54) is 32.4 Å². The Morgan fingerprint density at radius 2 is 2.20 bits per heavy atom. The summed E-state index contributed by atoms with van der Waals surface area (Å²) in [6, 6.07) is 2.37. The van der Waals surface area contributed by atoms with Gasteiger partial charge in [-0.25, -0.2) is 0 Å². The van der Waals surface area contributed by atoms with Crippen molar-refractivity contribution in [2.24, 2.45) is 0 Å². The first kappa shape index (κ1) is 11.4. The van der Waals surface area contributed by atoms with Gasteiger partial charge < -0.3 is 10.2 Å². The zero-order chi connectivity index (χ0) is 10.8. The molecule has 0 saturated carbocycles. The van der Waals surface area contributed by atoms with Crippen LogP contribution in [0.15, 0.2) is 0 Å². The van der Waals surface area contributed by atoms with Gasteiger partial charge in [0.15, 0.2) is 0 Å². The number of nitrogens with zero attached hydrogens (tertiary/aromatic N) is 2. The van der Waals surface area contributed by atoms with Crippen molar-refractivity contribution in [2.45, 2.75) is 44.3 Å². The molecule has 3 nitrogen and oxygen atoms in total. The normalized spacial score (nSPS) is 39.0. The van der Waals surface area contributed by atoms with Crippen LogP contribution >= 0.6 is 0 Å². The van der Waals surface area contributed by atoms with E-state index in [0.29, 0.717) is 0 Å². The Morgan fingerprint density at radius 3 is 2.80 bits per heavy atom. The maximum Gasteiger partial charge on any atom is 0.0241 e. The molecule has 15 heavy (non-hydrogen) atoms. The Bertz CT molecular complexity index is 197. The van der Waals surface area contributed by atoms with Crippen LogP contribution in [0.3, 0.4) is 0 Å². The third-order valence-corrected chi connectivity index (χ3v) is 4.20. The molecule has 2 heterocycles. The van der Waals surface area contributed by atoms with Crippen LogP contribution in [0.25, 0.3) is 0 Å². The fraction of sp³-hybridized carbons (Fsp3) is 1.00. The van der Waals surface area contributed by atoms with Crippen LogP contribution < -0.4 is 5.32 Å². The highest BCUT2D eigenvalue weighted by atomic mass is 15.3. The van der Waals surface area contributed by atoms with E-state index < -0.39 is 0 Å². The highest BCUT2D eigenvalue weighted by molar-refractivity contribution is 4.93. The van der Waals surface area contributed by atoms with Gasteiger partial charge >= 0.3 is 0 Å². The molecule has 0 amide bonds. The maximum atomic E-state index is 3.33. The third-order valence-electron chi connectivity index (χ3n) is 4.20. The average molecular weight is 211 g/mol. The van der Waals surface area contributed by atoms with Gasteiger partial charge in [0.1, 0.15) is 0 Å². The summed E-state index contributed by atoms with van der Waals surface area (Å²) in [6.07, 6.45) is 4.13. The van der Waals surface area contributed by atoms with Crippen LogP contribution in [0.4, 0.5) is 0 Å². The lowest BCUT2D eigenvalue weighted by Crippen LogP contribution is -2.44. The topological polar surface area (TPSA) is 18.5 Å². The maximum absolute atomic E-state index is 3.33. The second-order valence-electron chi connectivity index (χ2n) is 5.27. The minimum atomic E-state index is 0.769. The van der Waals surface area contributed by atoms with E-state index in [4.69, 9.17) is 0 Å². The minimum absolute atomic E-state index is 0.769. The largest absolute Gasteiger partial charge is 0.318 e. The van der Waals surface area contributed by atoms with Crippen LogP contribution in [0.5, 0.6) is 0 Å². The summed E-state index contributed by atoms with van der Waals surface area (Å²) in [5.41, 5.74) is 0. The lowest BCUT2D eigenvalue weighted by atomic mass is 10.1. The van der Waals surface area contributed by atoms with Gasteiger partial charge in [-0.05, 0) is 46.8 Å². The number of likely N-dealkylation sites (tertiary alicyclic amines) is 2. The summed E-state index contributed by atoms with van der Waals surface area (Å²) < 4.78 is 0. The number of hydrogen-bond acceptors (Lipinski definition) is 3. The Morgan fingerprint density at radius 1 is 1.40 bits per heavy atom. The Hall–Kier alpha value is -0.120. The van der Waals surface area contributed by atoms with Gasteiger partial charge in [0.2, 0.25) is 0 Å². The molecule has 0 aromatic heterocycles. The van der Waals surface area contributed by atoms with Crippen molar-refractivity contribution in [1.82, 2.24) is 15.1 Å². The molecule has 2 aliphatic rings. The van der Waals surface area contributed by atoms with Gasteiger partial charge in [0.25, 0.3) is 0 Å². The molecule has 3 atom stereocenters. The summed E-state index contributed by atoms with van der Waals surface area (Å²) >= 11 is 0. The van der Waals surface area contributed by atoms with Crippen molar-refractivity contribution >= 4 is 0 Å². The summed E-state index contributed by atoms with van der Waals surface area (Å²) in [6.45, 7) is 6.09. The van der Waals surface area contributed by atoms with E-state index >= 15 is 0 Å². The van der Waals surface area contributed by atoms with Crippen LogP contribution in [-0.4, -0.2) is 61.7 Å². The third kappa shape index (κ3) is 2.35. The molecule has 0 radical (unpaired) electrons. The molecule has 0 aliphatic carbocycles. The lowest BCUT2D eigenvalue weighted by Gasteiger charge is -2.30. The van der Waals surface area contributed by atoms with E-state index in [1.807, 2.05) is 0 Å². The smallest absolute Gasteiger partial charge is 0.0241 e. The molecule has 2 rings (SSSR count). The van der Waals surface area contributed by atoms with Gasteiger partial charge in [0.05, 0.1) is 0 Å². The summed E-state index contributed by atoms with van der Waals surface area (Å²) in [5.74, 6) is 0. The van der Waals surface area contributed by atoms with Gasteiger partial charge in [-0.2, -0.15) is 0 Å². The Kier molecular flexibility index (Phi) is 3.65. The molecule has 3 heteroatoms. The second-order valence-corrected chi connectivity index (χ2v) is 5.27. The van der Waals surface area contributed by atoms with Crippen molar-refractivity contribution < 1.29 is 0 Å². The van der Waals surface area contributed by atoms with Gasteiger partial charge in [0, 0.05) is 31.2 Å². The first-order chi connectivity index (χ1) is 7.22. The standard InChI is InChI=1S/C12H25N3/c1-10-7-12(9-14(10)3)15-6-4-5-11(15)8-13-2/h10-13H,4-9H2,1-3H3. The Balaban J connectivity index is 1.92. The fourth-order valence-corrected chi connectivity index (χ4v) is 3.19. The molecular weight excluding hydrogens is 186 g/mol. The Labute approximate surface area is 93.8 Å². The molecule has 88 valence electrons. The molecule has 0 aromatic rings. The summed E-state index contributed by atoms with van der Waals surface area (Å²) in [4.78, 5) is 5.25. The molecule has 0 spiro atoms. The predicted octanol–water partition coefficient (Wildman–Crippen LogP) is 0.763. The molecule has 0 aromatic carbocycles. The van der Waals surface area contributed by atoms with E-state index in [2.05, 4.69) is 36.1 Å². The van der Waals surface area contributed by atoms with Crippen LogP contribution in [-0.2, 0) is 0 Å². The van der Waals surface area contributed by atoms with Crippen molar-refractivity contribution in [3.63, 3.8) is 0 Å². The highest BCUT2D eigenvalue weighted by Gasteiger charge is 2.35. The van der Waals surface area contributed by atoms with Crippen LogP contribution in [0.2, 0.25) is 0 Å². The van der Waals surface area contributed by atoms with E-state index in [0.717, 1.165) is 24.7 Å². The molecule has 3 unspecified atom stereocenters. The molecule has 0 bridgehead atoms. The van der Waals surface area contributed by atoms with Gasteiger partial charge in [-0.1, -0.05) is 0 Å². The van der Waals surface area contributed by atoms with E-state index in [-0.39, 0.29) is 0 Å². The minimum Gasteiger partial charge on any atom is -0.318 e. The van der Waals surface area contributed by atoms with Crippen molar-refractivity contribution in [3.05, 3.63) is 0 Å². The number of hydrogen-bond donors (Lipinski definition) is 1. The lowest BCUT2D eigenvalue weighted by molar-refractivity contribution is 0.180. The van der Waals surface area contributed by atoms with E-state index in [1.54, 1.807) is 0 Å². The van der Waals surface area contributed by atoms with Crippen molar-refractivity contribution in [1.29, 1.82) is 0 Å². The van der Waals surface area contributed by atoms with Crippen LogP contribution in [0.1, 0.15) is 26.2 Å². The molecule has 2 saturated heterocycles.